The average molecular weight is 498 g/mol. The van der Waals surface area contributed by atoms with E-state index in [0.29, 0.717) is 0 Å². The highest BCUT2D eigenvalue weighted by molar-refractivity contribution is 5.76. The van der Waals surface area contributed by atoms with Crippen molar-refractivity contribution in [2.75, 3.05) is 19.8 Å². The Bertz CT molecular complexity index is 732. The van der Waals surface area contributed by atoms with Crippen LogP contribution < -0.4 is 0 Å². The molecule has 34 heavy (non-hydrogen) atoms. The van der Waals surface area contributed by atoms with Crippen molar-refractivity contribution in [2.24, 2.45) is 0 Å². The SMILES string of the molecule is C=CCO[C@]1(C(=O)O)C[C@@H](O)[C@@H](O)[C@@H]([C@@H](O)CO[C@]2(C(=O)O)C[C@@H](O)[C@@H](O)[C@@H]([C@@H](O)CO)O2)O1. The van der Waals surface area contributed by atoms with E-state index >= 15 is 0 Å². The summed E-state index contributed by atoms with van der Waals surface area (Å²) in [5.41, 5.74) is 0. The topological polar surface area (TPSA) is 253 Å². The Labute approximate surface area is 193 Å². The van der Waals surface area contributed by atoms with Crippen molar-refractivity contribution in [1.82, 2.24) is 0 Å². The summed E-state index contributed by atoms with van der Waals surface area (Å²) in [6.45, 7) is 1.10. The van der Waals surface area contributed by atoms with Crippen LogP contribution in [0, 0.1) is 0 Å². The van der Waals surface area contributed by atoms with E-state index in [9.17, 15) is 50.4 Å². The number of rotatable bonds is 11. The number of carboxylic acids is 2. The molecule has 2 aliphatic rings. The van der Waals surface area contributed by atoms with Crippen molar-refractivity contribution in [3.05, 3.63) is 12.7 Å². The van der Waals surface area contributed by atoms with Crippen molar-refractivity contribution >= 4 is 11.9 Å². The molecule has 15 nitrogen and oxygen atoms in total. The standard InChI is InChI=1S/C19H30O15/c1-2-3-31-18(16(27)28)4-8(21)13(26)15(34-18)11(24)7-32-19(17(29)30)5-9(22)12(25)14(33-19)10(23)6-20/h2,8-15,20-26H,1,3-7H2,(H,27,28)(H,29,30)/t8-,9-,10+,11+,12-,13-,14-,15-,18-,19-/m1/s1. The fourth-order valence-electron chi connectivity index (χ4n) is 3.71. The molecule has 10 atom stereocenters. The molecule has 0 aliphatic carbocycles. The molecular formula is C19H30O15. The number of carbonyl (C=O) groups is 2. The van der Waals surface area contributed by atoms with Gasteiger partial charge in [0, 0.05) is 12.8 Å². The minimum atomic E-state index is -2.72. The van der Waals surface area contributed by atoms with E-state index in [4.69, 9.17) is 24.1 Å². The monoisotopic (exact) mass is 498 g/mol. The first-order chi connectivity index (χ1) is 15.8. The summed E-state index contributed by atoms with van der Waals surface area (Å²) in [5.74, 6) is -8.68. The van der Waals surface area contributed by atoms with Gasteiger partial charge in [0.25, 0.3) is 11.6 Å². The number of ether oxygens (including phenoxy) is 4. The third-order valence-electron chi connectivity index (χ3n) is 5.59. The van der Waals surface area contributed by atoms with E-state index in [1.165, 1.54) is 6.08 Å². The van der Waals surface area contributed by atoms with Crippen LogP contribution in [0.3, 0.4) is 0 Å². The Morgan fingerprint density at radius 1 is 0.912 bits per heavy atom. The van der Waals surface area contributed by atoms with Gasteiger partial charge < -0.3 is 64.9 Å². The van der Waals surface area contributed by atoms with Crippen LogP contribution in [0.5, 0.6) is 0 Å². The van der Waals surface area contributed by atoms with Crippen molar-refractivity contribution < 1.29 is 74.5 Å². The fraction of sp³-hybridized carbons (Fsp3) is 0.789. The predicted molar refractivity (Wildman–Crippen MR) is 105 cm³/mol. The van der Waals surface area contributed by atoms with Crippen LogP contribution in [-0.4, -0.2) is 138 Å². The van der Waals surface area contributed by atoms with Crippen molar-refractivity contribution in [3.63, 3.8) is 0 Å². The first kappa shape index (κ1) is 28.5. The molecule has 15 heteroatoms. The Balaban J connectivity index is 2.23. The number of hydrogen-bond donors (Lipinski definition) is 9. The minimum absolute atomic E-state index is 0.320. The molecule has 2 rings (SSSR count). The van der Waals surface area contributed by atoms with Crippen molar-refractivity contribution in [1.29, 1.82) is 0 Å². The first-order valence-electron chi connectivity index (χ1n) is 10.2. The molecule has 2 heterocycles. The number of aliphatic hydroxyl groups is 7. The van der Waals surface area contributed by atoms with Gasteiger partial charge in [0.05, 0.1) is 32.0 Å². The summed E-state index contributed by atoms with van der Waals surface area (Å²) in [4.78, 5) is 23.7. The molecule has 0 aromatic heterocycles. The molecule has 196 valence electrons. The summed E-state index contributed by atoms with van der Waals surface area (Å²) in [5, 5.41) is 89.1. The molecule has 0 bridgehead atoms. The Morgan fingerprint density at radius 3 is 1.76 bits per heavy atom. The molecule has 0 saturated carbocycles. The van der Waals surface area contributed by atoms with Crippen LogP contribution in [-0.2, 0) is 28.5 Å². The van der Waals surface area contributed by atoms with Gasteiger partial charge in [-0.15, -0.1) is 6.58 Å². The van der Waals surface area contributed by atoms with E-state index in [1.807, 2.05) is 0 Å². The number of carboxylic acid groups (broad SMARTS) is 2. The van der Waals surface area contributed by atoms with E-state index in [2.05, 4.69) is 6.58 Å². The normalized spacial score (nSPS) is 40.3. The summed E-state index contributed by atoms with van der Waals surface area (Å²) in [7, 11) is 0. The molecule has 0 unspecified atom stereocenters. The number of aliphatic hydroxyl groups excluding tert-OH is 7. The maximum Gasteiger partial charge on any atom is 0.364 e. The smallest absolute Gasteiger partial charge is 0.364 e. The number of hydrogen-bond acceptors (Lipinski definition) is 13. The van der Waals surface area contributed by atoms with Crippen molar-refractivity contribution in [2.45, 2.75) is 73.2 Å². The van der Waals surface area contributed by atoms with Gasteiger partial charge in [0.1, 0.15) is 36.6 Å². The average Bonchev–Trinajstić information content (AvgIpc) is 2.79. The lowest BCUT2D eigenvalue weighted by Gasteiger charge is -2.45. The second kappa shape index (κ2) is 11.3. The van der Waals surface area contributed by atoms with Gasteiger partial charge in [-0.2, -0.15) is 0 Å². The van der Waals surface area contributed by atoms with Gasteiger partial charge in [0.2, 0.25) is 0 Å². The molecule has 0 aromatic rings. The molecule has 0 spiro atoms. The Kier molecular flexibility index (Phi) is 9.48. The van der Waals surface area contributed by atoms with Crippen LogP contribution in [0.2, 0.25) is 0 Å². The van der Waals surface area contributed by atoms with Crippen molar-refractivity contribution in [3.8, 4) is 0 Å². The third kappa shape index (κ3) is 5.72. The molecule has 2 aliphatic heterocycles. The molecular weight excluding hydrogens is 468 g/mol. The quantitative estimate of drug-likeness (QED) is 0.122. The second-order valence-electron chi connectivity index (χ2n) is 8.03. The second-order valence-corrected chi connectivity index (χ2v) is 8.03. The molecule has 0 aromatic carbocycles. The molecule has 2 fully saturated rings. The van der Waals surface area contributed by atoms with Gasteiger partial charge in [-0.25, -0.2) is 9.59 Å². The zero-order chi connectivity index (χ0) is 25.8. The third-order valence-corrected chi connectivity index (χ3v) is 5.59. The van der Waals surface area contributed by atoms with Crippen LogP contribution in [0.1, 0.15) is 12.8 Å². The lowest BCUT2D eigenvalue weighted by atomic mass is 9.91. The fourth-order valence-corrected chi connectivity index (χ4v) is 3.71. The highest BCUT2D eigenvalue weighted by Gasteiger charge is 2.57. The maximum atomic E-state index is 11.9. The first-order valence-corrected chi connectivity index (χ1v) is 10.2. The zero-order valence-electron chi connectivity index (χ0n) is 17.9. The van der Waals surface area contributed by atoms with E-state index in [0.717, 1.165) is 0 Å². The van der Waals surface area contributed by atoms with Gasteiger partial charge in [-0.05, 0) is 0 Å². The van der Waals surface area contributed by atoms with Crippen LogP contribution >= 0.6 is 0 Å². The van der Waals surface area contributed by atoms with E-state index in [1.54, 1.807) is 0 Å². The summed E-state index contributed by atoms with van der Waals surface area (Å²) in [6, 6.07) is 0. The minimum Gasteiger partial charge on any atom is -0.477 e. The van der Waals surface area contributed by atoms with Crippen LogP contribution in [0.25, 0.3) is 0 Å². The van der Waals surface area contributed by atoms with Crippen LogP contribution in [0.4, 0.5) is 0 Å². The van der Waals surface area contributed by atoms with E-state index in [-0.39, 0.29) is 6.61 Å². The van der Waals surface area contributed by atoms with Gasteiger partial charge in [-0.1, -0.05) is 6.08 Å². The van der Waals surface area contributed by atoms with Gasteiger partial charge in [0.15, 0.2) is 0 Å². The maximum absolute atomic E-state index is 11.9. The Hall–Kier alpha value is -1.76. The van der Waals surface area contributed by atoms with Gasteiger partial charge >= 0.3 is 11.9 Å². The zero-order valence-corrected chi connectivity index (χ0v) is 17.9. The van der Waals surface area contributed by atoms with Crippen LogP contribution in [0.15, 0.2) is 12.7 Å². The molecule has 0 amide bonds. The molecule has 0 radical (unpaired) electrons. The highest BCUT2D eigenvalue weighted by atomic mass is 16.7. The number of aliphatic carboxylic acids is 2. The largest absolute Gasteiger partial charge is 0.477 e. The molecule has 9 N–H and O–H groups in total. The lowest BCUT2D eigenvalue weighted by molar-refractivity contribution is -0.342. The molecule has 2 saturated heterocycles. The summed E-state index contributed by atoms with van der Waals surface area (Å²) in [6.07, 6.45) is -14.8. The van der Waals surface area contributed by atoms with Gasteiger partial charge in [-0.3, -0.25) is 0 Å². The highest BCUT2D eigenvalue weighted by Crippen LogP contribution is 2.35. The Morgan fingerprint density at radius 2 is 1.35 bits per heavy atom. The summed E-state index contributed by atoms with van der Waals surface area (Å²) >= 11 is 0. The predicted octanol–water partition coefficient (Wildman–Crippen LogP) is -4.50. The van der Waals surface area contributed by atoms with E-state index < -0.39 is 98.4 Å². The lowest BCUT2D eigenvalue weighted by Crippen LogP contribution is -2.65. The summed E-state index contributed by atoms with van der Waals surface area (Å²) < 4.78 is 20.7.